The first-order chi connectivity index (χ1) is 9.00. The maximum absolute atomic E-state index is 12.1. The lowest BCUT2D eigenvalue weighted by Gasteiger charge is -2.21. The van der Waals surface area contributed by atoms with Crippen molar-refractivity contribution in [3.8, 4) is 0 Å². The van der Waals surface area contributed by atoms with E-state index >= 15 is 0 Å². The van der Waals surface area contributed by atoms with Crippen LogP contribution in [0.3, 0.4) is 0 Å². The zero-order valence-electron chi connectivity index (χ0n) is 11.6. The van der Waals surface area contributed by atoms with Gasteiger partial charge in [0.15, 0.2) is 0 Å². The Morgan fingerprint density at radius 1 is 1.32 bits per heavy atom. The third-order valence-electron chi connectivity index (χ3n) is 3.49. The van der Waals surface area contributed by atoms with E-state index in [1.165, 1.54) is 0 Å². The van der Waals surface area contributed by atoms with Crippen LogP contribution in [0, 0.1) is 13.8 Å². The maximum Gasteiger partial charge on any atom is 0.255 e. The first kappa shape index (κ1) is 13.6. The quantitative estimate of drug-likeness (QED) is 0.846. The van der Waals surface area contributed by atoms with Crippen LogP contribution in [0.4, 0.5) is 0 Å². The smallest absolute Gasteiger partial charge is 0.255 e. The van der Waals surface area contributed by atoms with Gasteiger partial charge in [0.1, 0.15) is 6.04 Å². The summed E-state index contributed by atoms with van der Waals surface area (Å²) in [6.45, 7) is 6.88. The van der Waals surface area contributed by atoms with Crippen LogP contribution < -0.4 is 5.32 Å². The van der Waals surface area contributed by atoms with Crippen LogP contribution in [-0.4, -0.2) is 46.0 Å². The molecule has 104 valence electrons. The van der Waals surface area contributed by atoms with Crippen molar-refractivity contribution in [2.24, 2.45) is 0 Å². The minimum absolute atomic E-state index is 0.00958. The number of carbonyl (C=O) groups is 2. The molecule has 1 aromatic rings. The Hall–Kier alpha value is -1.85. The number of aryl methyl sites for hydroxylation is 2. The third kappa shape index (κ3) is 2.77. The van der Waals surface area contributed by atoms with Crippen molar-refractivity contribution in [3.05, 3.63) is 17.0 Å². The number of likely N-dealkylation sites (tertiary alicyclic amines) is 1. The first-order valence-electron chi connectivity index (χ1n) is 6.62. The monoisotopic (exact) mass is 264 g/mol. The highest BCUT2D eigenvalue weighted by atomic mass is 16.2. The minimum Gasteiger partial charge on any atom is -0.341 e. The topological polar surface area (TPSA) is 78.1 Å². The molecule has 0 spiro atoms. The van der Waals surface area contributed by atoms with E-state index in [2.05, 4.69) is 15.5 Å². The Labute approximate surface area is 112 Å². The molecule has 0 aliphatic carbocycles. The van der Waals surface area contributed by atoms with E-state index in [4.69, 9.17) is 0 Å². The number of carbonyl (C=O) groups excluding carboxylic acids is 2. The summed E-state index contributed by atoms with van der Waals surface area (Å²) in [5.74, 6) is -0.256. The third-order valence-corrected chi connectivity index (χ3v) is 3.49. The molecule has 0 saturated carbocycles. The van der Waals surface area contributed by atoms with Crippen molar-refractivity contribution in [1.29, 1.82) is 0 Å². The van der Waals surface area contributed by atoms with Gasteiger partial charge in [-0.15, -0.1) is 0 Å². The lowest BCUT2D eigenvalue weighted by atomic mass is 10.1. The Balaban J connectivity index is 2.00. The van der Waals surface area contributed by atoms with Crippen LogP contribution in [0.1, 0.15) is 41.5 Å². The fourth-order valence-electron chi connectivity index (χ4n) is 2.43. The number of rotatable bonds is 3. The Bertz CT molecular complexity index is 469. The van der Waals surface area contributed by atoms with Gasteiger partial charge in [-0.3, -0.25) is 14.7 Å². The summed E-state index contributed by atoms with van der Waals surface area (Å²) in [6, 6.07) is -0.501. The van der Waals surface area contributed by atoms with E-state index in [0.717, 1.165) is 31.6 Å². The molecule has 2 N–H and O–H groups in total. The number of nitrogens with zero attached hydrogens (tertiary/aromatic N) is 2. The normalized spacial score (nSPS) is 16.5. The first-order valence-corrected chi connectivity index (χ1v) is 6.62. The molecule has 1 aromatic heterocycles. The molecule has 0 radical (unpaired) electrons. The number of hydrogen-bond donors (Lipinski definition) is 2. The Morgan fingerprint density at radius 2 is 1.95 bits per heavy atom. The predicted octanol–water partition coefficient (Wildman–Crippen LogP) is 0.767. The molecule has 2 rings (SSSR count). The highest BCUT2D eigenvalue weighted by molar-refractivity contribution is 5.99. The molecule has 1 atom stereocenters. The van der Waals surface area contributed by atoms with Crippen molar-refractivity contribution in [1.82, 2.24) is 20.4 Å². The molecule has 1 unspecified atom stereocenters. The average molecular weight is 264 g/mol. The van der Waals surface area contributed by atoms with Crippen LogP contribution >= 0.6 is 0 Å². The van der Waals surface area contributed by atoms with Crippen LogP contribution in [-0.2, 0) is 4.79 Å². The van der Waals surface area contributed by atoms with Gasteiger partial charge >= 0.3 is 0 Å². The molecule has 1 aliphatic rings. The molecule has 1 fully saturated rings. The standard InChI is InChI=1S/C13H20N4O2/c1-8-11(9(2)16-15-8)12(18)14-10(3)13(19)17-6-4-5-7-17/h10H,4-7H2,1-3H3,(H,14,18)(H,15,16). The van der Waals surface area contributed by atoms with Gasteiger partial charge in [-0.05, 0) is 33.6 Å². The molecular formula is C13H20N4O2. The van der Waals surface area contributed by atoms with Gasteiger partial charge in [0.2, 0.25) is 5.91 Å². The van der Waals surface area contributed by atoms with E-state index in [1.807, 2.05) is 0 Å². The lowest BCUT2D eigenvalue weighted by molar-refractivity contribution is -0.131. The summed E-state index contributed by atoms with van der Waals surface area (Å²) >= 11 is 0. The molecule has 6 nitrogen and oxygen atoms in total. The summed E-state index contributed by atoms with van der Waals surface area (Å²) in [4.78, 5) is 26.0. The SMILES string of the molecule is Cc1n[nH]c(C)c1C(=O)NC(C)C(=O)N1CCCC1. The molecule has 19 heavy (non-hydrogen) atoms. The number of hydrogen-bond acceptors (Lipinski definition) is 3. The Morgan fingerprint density at radius 3 is 2.47 bits per heavy atom. The molecule has 0 bridgehead atoms. The number of H-pyrrole nitrogens is 1. The maximum atomic E-state index is 12.1. The van der Waals surface area contributed by atoms with Gasteiger partial charge in [0, 0.05) is 18.8 Å². The largest absolute Gasteiger partial charge is 0.341 e. The van der Waals surface area contributed by atoms with Crippen LogP contribution in [0.2, 0.25) is 0 Å². The van der Waals surface area contributed by atoms with E-state index < -0.39 is 6.04 Å². The van der Waals surface area contributed by atoms with E-state index in [-0.39, 0.29) is 11.8 Å². The highest BCUT2D eigenvalue weighted by Crippen LogP contribution is 2.11. The predicted molar refractivity (Wildman–Crippen MR) is 70.8 cm³/mol. The Kier molecular flexibility index (Phi) is 3.87. The number of amides is 2. The van der Waals surface area contributed by atoms with E-state index in [9.17, 15) is 9.59 Å². The molecule has 1 saturated heterocycles. The average Bonchev–Trinajstić information content (AvgIpc) is 2.98. The second-order valence-electron chi connectivity index (χ2n) is 5.04. The summed E-state index contributed by atoms with van der Waals surface area (Å²) in [5.41, 5.74) is 1.90. The van der Waals surface area contributed by atoms with Crippen molar-refractivity contribution in [3.63, 3.8) is 0 Å². The van der Waals surface area contributed by atoms with E-state index in [1.54, 1.807) is 25.7 Å². The van der Waals surface area contributed by atoms with Gasteiger partial charge < -0.3 is 10.2 Å². The summed E-state index contributed by atoms with van der Waals surface area (Å²) < 4.78 is 0. The molecule has 2 amide bonds. The number of nitrogens with one attached hydrogen (secondary N) is 2. The van der Waals surface area contributed by atoms with Crippen LogP contribution in [0.15, 0.2) is 0 Å². The fourth-order valence-corrected chi connectivity index (χ4v) is 2.43. The molecular weight excluding hydrogens is 244 g/mol. The van der Waals surface area contributed by atoms with Gasteiger partial charge in [-0.2, -0.15) is 5.10 Å². The van der Waals surface area contributed by atoms with Gasteiger partial charge in [0.05, 0.1) is 11.3 Å². The second kappa shape index (κ2) is 5.42. The summed E-state index contributed by atoms with van der Waals surface area (Å²) in [7, 11) is 0. The van der Waals surface area contributed by atoms with Crippen molar-refractivity contribution in [2.75, 3.05) is 13.1 Å². The lowest BCUT2D eigenvalue weighted by Crippen LogP contribution is -2.46. The fraction of sp³-hybridized carbons (Fsp3) is 0.615. The summed E-state index contributed by atoms with van der Waals surface area (Å²) in [5, 5.41) is 9.51. The zero-order valence-corrected chi connectivity index (χ0v) is 11.6. The molecule has 1 aliphatic heterocycles. The van der Waals surface area contributed by atoms with Gasteiger partial charge in [-0.1, -0.05) is 0 Å². The van der Waals surface area contributed by atoms with E-state index in [0.29, 0.717) is 11.3 Å². The van der Waals surface area contributed by atoms with Crippen molar-refractivity contribution >= 4 is 11.8 Å². The van der Waals surface area contributed by atoms with Crippen molar-refractivity contribution in [2.45, 2.75) is 39.7 Å². The van der Waals surface area contributed by atoms with Crippen LogP contribution in [0.5, 0.6) is 0 Å². The van der Waals surface area contributed by atoms with Crippen LogP contribution in [0.25, 0.3) is 0 Å². The minimum atomic E-state index is -0.501. The summed E-state index contributed by atoms with van der Waals surface area (Å²) in [6.07, 6.45) is 2.10. The second-order valence-corrected chi connectivity index (χ2v) is 5.04. The van der Waals surface area contributed by atoms with Gasteiger partial charge in [-0.25, -0.2) is 0 Å². The molecule has 6 heteroatoms. The number of aromatic amines is 1. The number of aromatic nitrogens is 2. The van der Waals surface area contributed by atoms with Crippen molar-refractivity contribution < 1.29 is 9.59 Å². The van der Waals surface area contributed by atoms with Gasteiger partial charge in [0.25, 0.3) is 5.91 Å². The zero-order chi connectivity index (χ0) is 14.0. The molecule has 0 aromatic carbocycles. The highest BCUT2D eigenvalue weighted by Gasteiger charge is 2.25. The molecule has 2 heterocycles.